The summed E-state index contributed by atoms with van der Waals surface area (Å²) < 4.78 is 12.1. The number of piperazine rings is 1. The van der Waals surface area contributed by atoms with E-state index in [1.54, 1.807) is 4.90 Å². The van der Waals surface area contributed by atoms with Gasteiger partial charge in [-0.3, -0.25) is 0 Å². The van der Waals surface area contributed by atoms with Gasteiger partial charge >= 0.3 is 6.09 Å². The molecule has 2 fully saturated rings. The van der Waals surface area contributed by atoms with Crippen LogP contribution in [0.25, 0.3) is 10.8 Å². The number of benzene rings is 2. The number of nitriles is 1. The molecule has 0 aliphatic carbocycles. The molecule has 0 spiro atoms. The highest BCUT2D eigenvalue weighted by Crippen LogP contribution is 2.40. The van der Waals surface area contributed by atoms with Crippen LogP contribution in [0.5, 0.6) is 5.88 Å². The Balaban J connectivity index is 1.36. The van der Waals surface area contributed by atoms with Crippen molar-refractivity contribution in [3.63, 3.8) is 0 Å². The number of hydrogen-bond acceptors (Lipinski definition) is 8. The average molecular weight is 611 g/mol. The normalized spacial score (nSPS) is 20.7. The van der Waals surface area contributed by atoms with Crippen LogP contribution in [0.4, 0.5) is 16.2 Å². The number of aryl methyl sites for hydroxylation is 1. The molecular formula is C36H46N6O3. The molecule has 0 unspecified atom stereocenters. The molecule has 0 radical (unpaired) electrons. The van der Waals surface area contributed by atoms with Gasteiger partial charge in [-0.05, 0) is 84.5 Å². The van der Waals surface area contributed by atoms with Crippen molar-refractivity contribution in [1.29, 1.82) is 5.26 Å². The Morgan fingerprint density at radius 2 is 1.87 bits per heavy atom. The van der Waals surface area contributed by atoms with E-state index in [0.717, 1.165) is 49.3 Å². The molecule has 1 amide bonds. The summed E-state index contributed by atoms with van der Waals surface area (Å²) in [5.74, 6) is 0.421. The Morgan fingerprint density at radius 3 is 2.56 bits per heavy atom. The molecule has 2 atom stereocenters. The molecule has 3 aromatic rings. The first-order chi connectivity index (χ1) is 21.5. The topological polar surface area (TPSA) is 85.2 Å². The van der Waals surface area contributed by atoms with Crippen molar-refractivity contribution in [2.75, 3.05) is 56.2 Å². The zero-order valence-electron chi connectivity index (χ0n) is 27.6. The fraction of sp³-hybridized carbons (Fsp3) is 0.528. The Kier molecular flexibility index (Phi) is 8.53. The number of aromatic nitrogens is 1. The van der Waals surface area contributed by atoms with Crippen LogP contribution in [-0.4, -0.2) is 84.9 Å². The van der Waals surface area contributed by atoms with Crippen LogP contribution in [0.3, 0.4) is 0 Å². The highest BCUT2D eigenvalue weighted by atomic mass is 16.6. The highest BCUT2D eigenvalue weighted by Gasteiger charge is 2.36. The van der Waals surface area contributed by atoms with Crippen LogP contribution in [-0.2, 0) is 17.7 Å². The molecule has 45 heavy (non-hydrogen) atoms. The fourth-order valence-electron chi connectivity index (χ4n) is 7.18. The second-order valence-electron chi connectivity index (χ2n) is 13.9. The number of anilines is 2. The average Bonchev–Trinajstić information content (AvgIpc) is 3.42. The van der Waals surface area contributed by atoms with Crippen molar-refractivity contribution in [2.24, 2.45) is 0 Å². The standard InChI is InChI=1S/C36H46N6O3/c1-24-10-7-11-26-12-8-14-31(32(24)26)40-17-15-28-30(22-40)38-34(44-23-27-13-9-16-39(27)6)29(20-37)33(28)41-18-19-42(25(2)21-41)35(43)45-36(3,4)5/h7-8,10-12,14,25,27H,9,13,15-19,21-23H2,1-6H3/t25-,27+/m1/s1. The maximum absolute atomic E-state index is 13.0. The Hall–Kier alpha value is -4.03. The highest BCUT2D eigenvalue weighted by molar-refractivity contribution is 5.97. The van der Waals surface area contributed by atoms with Crippen molar-refractivity contribution in [2.45, 2.75) is 78.1 Å². The third-order valence-corrected chi connectivity index (χ3v) is 9.49. The van der Waals surface area contributed by atoms with Crippen molar-refractivity contribution < 1.29 is 14.3 Å². The molecule has 3 aliphatic rings. The van der Waals surface area contributed by atoms with Gasteiger partial charge < -0.3 is 29.1 Å². The van der Waals surface area contributed by atoms with Crippen LogP contribution in [0.15, 0.2) is 36.4 Å². The quantitative estimate of drug-likeness (QED) is 0.353. The zero-order chi connectivity index (χ0) is 31.9. The molecular weight excluding hydrogens is 564 g/mol. The minimum absolute atomic E-state index is 0.0841. The first-order valence-corrected chi connectivity index (χ1v) is 16.3. The van der Waals surface area contributed by atoms with E-state index in [1.165, 1.54) is 22.0 Å². The molecule has 6 rings (SSSR count). The minimum atomic E-state index is -0.555. The number of rotatable bonds is 5. The third-order valence-electron chi connectivity index (χ3n) is 9.49. The molecule has 9 heteroatoms. The van der Waals surface area contributed by atoms with Crippen molar-refractivity contribution >= 4 is 28.2 Å². The van der Waals surface area contributed by atoms with Gasteiger partial charge in [0.15, 0.2) is 0 Å². The second-order valence-corrected chi connectivity index (χ2v) is 13.9. The van der Waals surface area contributed by atoms with Crippen LogP contribution in [0.2, 0.25) is 0 Å². The molecule has 3 aliphatic heterocycles. The van der Waals surface area contributed by atoms with Gasteiger partial charge in [-0.15, -0.1) is 0 Å². The molecule has 0 N–H and O–H groups in total. The lowest BCUT2D eigenvalue weighted by Gasteiger charge is -2.43. The SMILES string of the molecule is Cc1cccc2cccc(N3CCc4c(nc(OC[C@@H]5CCCN5C)c(C#N)c4N4CCN(C(=O)OC(C)(C)C)[C@H](C)C4)C3)c12. The predicted molar refractivity (Wildman–Crippen MR) is 178 cm³/mol. The zero-order valence-corrected chi connectivity index (χ0v) is 27.6. The van der Waals surface area contributed by atoms with E-state index < -0.39 is 5.60 Å². The minimum Gasteiger partial charge on any atom is -0.475 e. The van der Waals surface area contributed by atoms with Crippen molar-refractivity contribution in [3.05, 3.63) is 58.8 Å². The molecule has 0 bridgehead atoms. The summed E-state index contributed by atoms with van der Waals surface area (Å²) >= 11 is 0. The van der Waals surface area contributed by atoms with Gasteiger partial charge in [-0.1, -0.05) is 30.3 Å². The van der Waals surface area contributed by atoms with E-state index in [4.69, 9.17) is 14.5 Å². The molecule has 9 nitrogen and oxygen atoms in total. The number of likely N-dealkylation sites (N-methyl/N-ethyl adjacent to an activating group) is 1. The molecule has 2 aromatic carbocycles. The summed E-state index contributed by atoms with van der Waals surface area (Å²) in [6.45, 7) is 14.6. The number of ether oxygens (including phenoxy) is 2. The lowest BCUT2D eigenvalue weighted by molar-refractivity contribution is 0.0159. The molecule has 238 valence electrons. The van der Waals surface area contributed by atoms with Crippen molar-refractivity contribution in [1.82, 2.24) is 14.8 Å². The van der Waals surface area contributed by atoms with Gasteiger partial charge in [0.05, 0.1) is 17.9 Å². The maximum Gasteiger partial charge on any atom is 0.410 e. The summed E-state index contributed by atoms with van der Waals surface area (Å²) in [6.07, 6.45) is 2.70. The number of hydrogen-bond donors (Lipinski definition) is 0. The second kappa shape index (κ2) is 12.4. The van der Waals surface area contributed by atoms with E-state index in [2.05, 4.69) is 71.1 Å². The molecule has 2 saturated heterocycles. The summed E-state index contributed by atoms with van der Waals surface area (Å²) in [5, 5.41) is 13.1. The monoisotopic (exact) mass is 610 g/mol. The van der Waals surface area contributed by atoms with Crippen LogP contribution in [0, 0.1) is 18.3 Å². The van der Waals surface area contributed by atoms with E-state index in [-0.39, 0.29) is 12.1 Å². The Bertz CT molecular complexity index is 1620. The smallest absolute Gasteiger partial charge is 0.410 e. The Labute approximate surface area is 267 Å². The molecule has 1 aromatic heterocycles. The van der Waals surface area contributed by atoms with Crippen molar-refractivity contribution in [3.8, 4) is 11.9 Å². The number of likely N-dealkylation sites (tertiary alicyclic amines) is 1. The lowest BCUT2D eigenvalue weighted by atomic mass is 9.96. The number of pyridine rings is 1. The summed E-state index contributed by atoms with van der Waals surface area (Å²) in [4.78, 5) is 26.9. The number of carbonyl (C=O) groups excluding carboxylic acids is 1. The summed E-state index contributed by atoms with van der Waals surface area (Å²) in [7, 11) is 2.13. The first-order valence-electron chi connectivity index (χ1n) is 16.3. The van der Waals surface area contributed by atoms with E-state index in [1.807, 2.05) is 27.7 Å². The number of fused-ring (bicyclic) bond motifs is 2. The summed E-state index contributed by atoms with van der Waals surface area (Å²) in [6, 6.07) is 15.7. The van der Waals surface area contributed by atoms with E-state index >= 15 is 0 Å². The lowest BCUT2D eigenvalue weighted by Crippen LogP contribution is -2.55. The first kappa shape index (κ1) is 31.0. The van der Waals surface area contributed by atoms with Gasteiger partial charge in [0, 0.05) is 54.9 Å². The van der Waals surface area contributed by atoms with Gasteiger partial charge in [-0.2, -0.15) is 5.26 Å². The van der Waals surface area contributed by atoms with E-state index in [9.17, 15) is 10.1 Å². The van der Waals surface area contributed by atoms with Crippen LogP contribution < -0.4 is 14.5 Å². The number of nitrogens with zero attached hydrogens (tertiary/aromatic N) is 6. The Morgan fingerprint density at radius 1 is 1.09 bits per heavy atom. The third kappa shape index (κ3) is 6.26. The van der Waals surface area contributed by atoms with Crippen LogP contribution in [0.1, 0.15) is 62.9 Å². The number of amides is 1. The van der Waals surface area contributed by atoms with Gasteiger partial charge in [0.2, 0.25) is 5.88 Å². The van der Waals surface area contributed by atoms with Gasteiger partial charge in [0.1, 0.15) is 23.8 Å². The maximum atomic E-state index is 13.0. The number of carbonyl (C=O) groups is 1. The summed E-state index contributed by atoms with van der Waals surface area (Å²) in [5.41, 5.74) is 5.40. The largest absolute Gasteiger partial charge is 0.475 e. The molecule has 0 saturated carbocycles. The van der Waals surface area contributed by atoms with Crippen LogP contribution >= 0.6 is 0 Å². The fourth-order valence-corrected chi connectivity index (χ4v) is 7.18. The van der Waals surface area contributed by atoms with E-state index in [0.29, 0.717) is 50.3 Å². The predicted octanol–water partition coefficient (Wildman–Crippen LogP) is 5.90. The van der Waals surface area contributed by atoms with Gasteiger partial charge in [-0.25, -0.2) is 9.78 Å². The van der Waals surface area contributed by atoms with Gasteiger partial charge in [0.25, 0.3) is 0 Å². The molecule has 4 heterocycles.